The van der Waals surface area contributed by atoms with E-state index in [0.717, 1.165) is 50.0 Å². The molecular formula is C35H33Cl2N7O. The lowest BCUT2D eigenvalue weighted by Gasteiger charge is -2.12. The van der Waals surface area contributed by atoms with Gasteiger partial charge in [0.1, 0.15) is 29.0 Å². The van der Waals surface area contributed by atoms with Crippen molar-refractivity contribution in [1.29, 1.82) is 0 Å². The van der Waals surface area contributed by atoms with Gasteiger partial charge in [0.05, 0.1) is 32.1 Å². The number of hydrogen-bond acceptors (Lipinski definition) is 5. The highest BCUT2D eigenvalue weighted by atomic mass is 35.5. The van der Waals surface area contributed by atoms with Gasteiger partial charge in [0.15, 0.2) is 0 Å². The average molecular weight is 639 g/mol. The van der Waals surface area contributed by atoms with Crippen molar-refractivity contribution < 1.29 is 4.74 Å². The Morgan fingerprint density at radius 2 is 1.29 bits per heavy atom. The van der Waals surface area contributed by atoms with Crippen LogP contribution in [-0.2, 0) is 0 Å². The zero-order valence-corrected chi connectivity index (χ0v) is 26.9. The van der Waals surface area contributed by atoms with Crippen LogP contribution in [0, 0.1) is 0 Å². The number of amidine groups is 1. The van der Waals surface area contributed by atoms with E-state index in [1.165, 1.54) is 0 Å². The molecule has 6 rings (SSSR count). The standard InChI is InChI=1S/C35H33Cl2N7O/c1-18(2)39-20(5)21-6-10-27-29(16-21)43-34(41-27)23-8-12-31(25(36)14-23)45-32-13-9-24(15-26(32)37)35-42-28-11-7-22(17-30(28)44-35)33(38)40-19(3)4/h6-19,39H,5H2,1-4H3,(H2,38,40)(H,41,43)(H,42,44). The molecule has 228 valence electrons. The lowest BCUT2D eigenvalue weighted by atomic mass is 10.1. The Bertz CT molecular complexity index is 2090. The molecule has 4 aromatic carbocycles. The number of imidazole rings is 2. The monoisotopic (exact) mass is 637 g/mol. The van der Waals surface area contributed by atoms with Crippen molar-refractivity contribution in [3.63, 3.8) is 0 Å². The lowest BCUT2D eigenvalue weighted by Crippen LogP contribution is -2.20. The number of aliphatic imine (C=N–C) groups is 1. The fourth-order valence-electron chi connectivity index (χ4n) is 5.00. The van der Waals surface area contributed by atoms with Gasteiger partial charge in [-0.1, -0.05) is 35.8 Å². The number of nitrogens with zero attached hydrogens (tertiary/aromatic N) is 3. The van der Waals surface area contributed by atoms with Gasteiger partial charge < -0.3 is 25.8 Å². The van der Waals surface area contributed by atoms with Gasteiger partial charge in [0.2, 0.25) is 0 Å². The maximum Gasteiger partial charge on any atom is 0.146 e. The number of nitrogens with one attached hydrogen (secondary N) is 3. The van der Waals surface area contributed by atoms with Crippen molar-refractivity contribution in [2.24, 2.45) is 10.7 Å². The van der Waals surface area contributed by atoms with Crippen LogP contribution in [0.5, 0.6) is 11.5 Å². The molecule has 0 unspecified atom stereocenters. The number of fused-ring (bicyclic) bond motifs is 2. The molecule has 0 atom stereocenters. The van der Waals surface area contributed by atoms with E-state index in [0.29, 0.717) is 45.1 Å². The zero-order valence-electron chi connectivity index (χ0n) is 25.4. The second kappa shape index (κ2) is 12.3. The Balaban J connectivity index is 1.20. The summed E-state index contributed by atoms with van der Waals surface area (Å²) in [5.74, 6) is 2.82. The minimum atomic E-state index is 0.109. The van der Waals surface area contributed by atoms with E-state index < -0.39 is 0 Å². The molecule has 0 aliphatic carbocycles. The van der Waals surface area contributed by atoms with Gasteiger partial charge in [0, 0.05) is 34.5 Å². The zero-order chi connectivity index (χ0) is 31.8. The first-order chi connectivity index (χ1) is 21.5. The van der Waals surface area contributed by atoms with E-state index in [4.69, 9.17) is 43.6 Å². The summed E-state index contributed by atoms with van der Waals surface area (Å²) in [7, 11) is 0. The summed E-state index contributed by atoms with van der Waals surface area (Å²) in [4.78, 5) is 20.6. The molecule has 0 bridgehead atoms. The second-order valence-corrected chi connectivity index (χ2v) is 12.2. The minimum absolute atomic E-state index is 0.109. The van der Waals surface area contributed by atoms with Crippen LogP contribution in [0.4, 0.5) is 0 Å². The summed E-state index contributed by atoms with van der Waals surface area (Å²) in [5, 5.41) is 4.19. The third-order valence-corrected chi connectivity index (χ3v) is 7.69. The van der Waals surface area contributed by atoms with E-state index in [1.54, 1.807) is 18.2 Å². The van der Waals surface area contributed by atoms with Crippen molar-refractivity contribution in [2.45, 2.75) is 39.8 Å². The predicted molar refractivity (Wildman–Crippen MR) is 186 cm³/mol. The topological polar surface area (TPSA) is 117 Å². The van der Waals surface area contributed by atoms with E-state index in [2.05, 4.69) is 40.7 Å². The summed E-state index contributed by atoms with van der Waals surface area (Å²) in [6.45, 7) is 12.3. The first-order valence-corrected chi connectivity index (χ1v) is 15.4. The molecule has 6 aromatic rings. The molecule has 10 heteroatoms. The van der Waals surface area contributed by atoms with E-state index >= 15 is 0 Å². The SMILES string of the molecule is C=C(NC(C)C)c1ccc2nc(-c3ccc(Oc4ccc(-c5nc6ccc(C(N)=NC(C)C)cc6[nH]5)cc4Cl)c(Cl)c3)[nH]c2c1. The molecule has 0 spiro atoms. The largest absolute Gasteiger partial charge is 0.454 e. The highest BCUT2D eigenvalue weighted by Gasteiger charge is 2.14. The summed E-state index contributed by atoms with van der Waals surface area (Å²) >= 11 is 13.3. The maximum absolute atomic E-state index is 6.67. The Kier molecular flexibility index (Phi) is 8.27. The van der Waals surface area contributed by atoms with Crippen molar-refractivity contribution >= 4 is 56.8 Å². The Morgan fingerprint density at radius 1 is 0.778 bits per heavy atom. The van der Waals surface area contributed by atoms with Crippen molar-refractivity contribution in [2.75, 3.05) is 0 Å². The van der Waals surface area contributed by atoms with Crippen LogP contribution in [0.15, 0.2) is 84.4 Å². The maximum atomic E-state index is 6.67. The molecule has 0 saturated heterocycles. The second-order valence-electron chi connectivity index (χ2n) is 11.4. The molecule has 2 aromatic heterocycles. The smallest absolute Gasteiger partial charge is 0.146 e. The Hall–Kier alpha value is -4.79. The van der Waals surface area contributed by atoms with Crippen LogP contribution in [0.3, 0.4) is 0 Å². The van der Waals surface area contributed by atoms with Crippen LogP contribution in [-0.4, -0.2) is 37.9 Å². The molecule has 8 nitrogen and oxygen atoms in total. The van der Waals surface area contributed by atoms with Gasteiger partial charge in [-0.2, -0.15) is 0 Å². The molecule has 5 N–H and O–H groups in total. The number of rotatable bonds is 9. The number of hydrogen-bond donors (Lipinski definition) is 4. The number of halogens is 2. The van der Waals surface area contributed by atoms with E-state index in [-0.39, 0.29) is 6.04 Å². The molecule has 0 fully saturated rings. The summed E-state index contributed by atoms with van der Waals surface area (Å²) in [6, 6.07) is 23.2. The predicted octanol–water partition coefficient (Wildman–Crippen LogP) is 8.95. The fourth-order valence-corrected chi connectivity index (χ4v) is 5.44. The molecule has 0 radical (unpaired) electrons. The van der Waals surface area contributed by atoms with Crippen molar-refractivity contribution in [3.8, 4) is 34.3 Å². The quantitative estimate of drug-likeness (QED) is 0.0932. The highest BCUT2D eigenvalue weighted by Crippen LogP contribution is 2.37. The molecule has 0 aliphatic heterocycles. The van der Waals surface area contributed by atoms with E-state index in [9.17, 15) is 0 Å². The van der Waals surface area contributed by atoms with Gasteiger partial charge in [-0.25, -0.2) is 9.97 Å². The van der Waals surface area contributed by atoms with Crippen molar-refractivity contribution in [1.82, 2.24) is 25.3 Å². The summed E-state index contributed by atoms with van der Waals surface area (Å²) in [5.41, 5.74) is 13.9. The normalized spacial score (nSPS) is 12.0. The highest BCUT2D eigenvalue weighted by molar-refractivity contribution is 6.33. The van der Waals surface area contributed by atoms with Crippen LogP contribution in [0.1, 0.15) is 38.8 Å². The van der Waals surface area contributed by atoms with Gasteiger partial charge in [-0.15, -0.1) is 0 Å². The van der Waals surface area contributed by atoms with Gasteiger partial charge in [-0.05, 0) is 100.0 Å². The summed E-state index contributed by atoms with van der Waals surface area (Å²) < 4.78 is 6.12. The number of ether oxygens (including phenoxy) is 1. The molecule has 45 heavy (non-hydrogen) atoms. The van der Waals surface area contributed by atoms with Gasteiger partial charge >= 0.3 is 0 Å². The fraction of sp³-hybridized carbons (Fsp3) is 0.171. The van der Waals surface area contributed by atoms with Crippen molar-refractivity contribution in [3.05, 3.63) is 101 Å². The lowest BCUT2D eigenvalue weighted by molar-refractivity contribution is 0.483. The van der Waals surface area contributed by atoms with Crippen LogP contribution in [0.2, 0.25) is 10.0 Å². The third kappa shape index (κ3) is 6.53. The van der Waals surface area contributed by atoms with Crippen LogP contribution < -0.4 is 15.8 Å². The summed E-state index contributed by atoms with van der Waals surface area (Å²) in [6.07, 6.45) is 0. The van der Waals surface area contributed by atoms with Crippen LogP contribution >= 0.6 is 23.2 Å². The van der Waals surface area contributed by atoms with Gasteiger partial charge in [-0.3, -0.25) is 4.99 Å². The van der Waals surface area contributed by atoms with E-state index in [1.807, 2.05) is 68.4 Å². The molecular weight excluding hydrogens is 605 g/mol. The third-order valence-electron chi connectivity index (χ3n) is 7.10. The van der Waals surface area contributed by atoms with Crippen LogP contribution in [0.25, 0.3) is 50.5 Å². The number of benzene rings is 4. The first-order valence-electron chi connectivity index (χ1n) is 14.6. The first kappa shape index (κ1) is 30.2. The Morgan fingerprint density at radius 3 is 1.78 bits per heavy atom. The molecule has 0 saturated carbocycles. The number of H-pyrrole nitrogens is 2. The molecule has 0 amide bonds. The number of nitrogens with two attached hydrogens (primary N) is 1. The minimum Gasteiger partial charge on any atom is -0.454 e. The molecule has 0 aliphatic rings. The number of aromatic amines is 2. The Labute approximate surface area is 271 Å². The number of aromatic nitrogens is 4. The average Bonchev–Trinajstić information content (AvgIpc) is 3.62. The van der Waals surface area contributed by atoms with Gasteiger partial charge in [0.25, 0.3) is 0 Å². The molecule has 2 heterocycles.